The van der Waals surface area contributed by atoms with E-state index in [-0.39, 0.29) is 5.41 Å². The molecular weight excluding hydrogens is 284 g/mol. The van der Waals surface area contributed by atoms with Crippen molar-refractivity contribution in [1.29, 1.82) is 0 Å². The van der Waals surface area contributed by atoms with Gasteiger partial charge >= 0.3 is 0 Å². The number of rotatable bonds is 2. The molecular formula is C20H24N2O. The maximum Gasteiger partial charge on any atom is 0.148 e. The van der Waals surface area contributed by atoms with E-state index >= 15 is 0 Å². The molecule has 0 saturated carbocycles. The highest BCUT2D eigenvalue weighted by atomic mass is 16.1. The molecule has 2 bridgehead atoms. The molecule has 1 aromatic rings. The number of hydrogen-bond acceptors (Lipinski definition) is 3. The van der Waals surface area contributed by atoms with Gasteiger partial charge in [0.05, 0.1) is 5.41 Å². The van der Waals surface area contributed by atoms with Crippen LogP contribution in [0, 0.1) is 11.8 Å². The van der Waals surface area contributed by atoms with Crippen molar-refractivity contribution < 1.29 is 4.79 Å². The van der Waals surface area contributed by atoms with Crippen LogP contribution in [0.25, 0.3) is 0 Å². The first-order chi connectivity index (χ1) is 11.2. The Hall–Kier alpha value is -1.61. The lowest BCUT2D eigenvalue weighted by Crippen LogP contribution is -2.55. The third kappa shape index (κ3) is 1.43. The van der Waals surface area contributed by atoms with Crippen LogP contribution in [0.3, 0.4) is 0 Å². The molecule has 23 heavy (non-hydrogen) atoms. The largest absolute Gasteiger partial charge is 0.347 e. The second-order valence-electron chi connectivity index (χ2n) is 7.74. The number of aldehydes is 1. The van der Waals surface area contributed by atoms with E-state index in [1.807, 2.05) is 0 Å². The van der Waals surface area contributed by atoms with Gasteiger partial charge in [-0.2, -0.15) is 0 Å². The molecule has 3 heterocycles. The van der Waals surface area contributed by atoms with Crippen LogP contribution in [0.2, 0.25) is 0 Å². The van der Waals surface area contributed by atoms with E-state index in [4.69, 9.17) is 0 Å². The van der Waals surface area contributed by atoms with E-state index in [2.05, 4.69) is 48.0 Å². The van der Waals surface area contributed by atoms with Crippen molar-refractivity contribution in [3.8, 4) is 0 Å². The van der Waals surface area contributed by atoms with Gasteiger partial charge in [0.15, 0.2) is 0 Å². The molecule has 4 aliphatic rings. The van der Waals surface area contributed by atoms with Crippen LogP contribution in [-0.4, -0.2) is 37.4 Å². The van der Waals surface area contributed by atoms with Crippen LogP contribution in [0.5, 0.6) is 0 Å². The fourth-order valence-corrected chi connectivity index (χ4v) is 6.23. The molecule has 3 nitrogen and oxygen atoms in total. The zero-order valence-corrected chi connectivity index (χ0v) is 14.0. The van der Waals surface area contributed by atoms with Gasteiger partial charge in [-0.1, -0.05) is 31.5 Å². The molecule has 0 amide bonds. The Morgan fingerprint density at radius 2 is 2.17 bits per heavy atom. The normalized spacial score (nSPS) is 37.8. The highest BCUT2D eigenvalue weighted by molar-refractivity contribution is 5.84. The van der Waals surface area contributed by atoms with E-state index in [0.29, 0.717) is 17.9 Å². The zero-order chi connectivity index (χ0) is 15.8. The highest BCUT2D eigenvalue weighted by Crippen LogP contribution is 2.62. The van der Waals surface area contributed by atoms with Gasteiger partial charge in [-0.25, -0.2) is 0 Å². The zero-order valence-electron chi connectivity index (χ0n) is 14.0. The van der Waals surface area contributed by atoms with Gasteiger partial charge in [-0.15, -0.1) is 0 Å². The fraction of sp³-hybridized carbons (Fsp3) is 0.550. The molecule has 0 radical (unpaired) electrons. The Morgan fingerprint density at radius 3 is 2.96 bits per heavy atom. The van der Waals surface area contributed by atoms with Gasteiger partial charge in [-0.05, 0) is 42.9 Å². The lowest BCUT2D eigenvalue weighted by atomic mass is 9.60. The maximum absolute atomic E-state index is 12.1. The van der Waals surface area contributed by atoms with Crippen molar-refractivity contribution in [3.63, 3.8) is 0 Å². The Bertz CT molecular complexity index is 724. The summed E-state index contributed by atoms with van der Waals surface area (Å²) in [5.74, 6) is 1.09. The molecule has 5 rings (SSSR count). The van der Waals surface area contributed by atoms with Crippen LogP contribution < -0.4 is 4.90 Å². The fourth-order valence-electron chi connectivity index (χ4n) is 6.23. The molecule has 4 unspecified atom stereocenters. The SMILES string of the molecule is CCC1CN2CCC34C(=C(C=O)C1CC23)N(C)c1ccccc14. The number of carbonyl (C=O) groups is 1. The molecule has 1 aliphatic carbocycles. The van der Waals surface area contributed by atoms with Crippen molar-refractivity contribution >= 4 is 12.0 Å². The summed E-state index contributed by atoms with van der Waals surface area (Å²) in [5, 5.41) is 0. The Labute approximate surface area is 138 Å². The summed E-state index contributed by atoms with van der Waals surface area (Å²) >= 11 is 0. The predicted octanol–water partition coefficient (Wildman–Crippen LogP) is 2.96. The Morgan fingerprint density at radius 1 is 1.35 bits per heavy atom. The molecule has 1 spiro atoms. The minimum atomic E-state index is 0.0663. The maximum atomic E-state index is 12.1. The number of benzene rings is 1. The molecule has 1 aromatic carbocycles. The van der Waals surface area contributed by atoms with Crippen molar-refractivity contribution in [2.45, 2.75) is 37.6 Å². The first-order valence-corrected chi connectivity index (χ1v) is 8.99. The molecule has 2 fully saturated rings. The van der Waals surface area contributed by atoms with Crippen LogP contribution in [0.1, 0.15) is 31.7 Å². The third-order valence-corrected chi connectivity index (χ3v) is 7.15. The molecule has 0 aromatic heterocycles. The van der Waals surface area contributed by atoms with E-state index in [9.17, 15) is 4.79 Å². The number of para-hydroxylation sites is 1. The molecule has 4 atom stereocenters. The quantitative estimate of drug-likeness (QED) is 0.785. The predicted molar refractivity (Wildman–Crippen MR) is 91.5 cm³/mol. The van der Waals surface area contributed by atoms with E-state index in [0.717, 1.165) is 18.4 Å². The summed E-state index contributed by atoms with van der Waals surface area (Å²) in [5.41, 5.74) is 5.27. The van der Waals surface area contributed by atoms with Crippen molar-refractivity contribution in [2.24, 2.45) is 11.8 Å². The number of hydrogen-bond donors (Lipinski definition) is 0. The van der Waals surface area contributed by atoms with Crippen LogP contribution in [0.15, 0.2) is 35.5 Å². The first kappa shape index (κ1) is 13.8. The summed E-state index contributed by atoms with van der Waals surface area (Å²) in [6.45, 7) is 4.62. The number of nitrogens with zero attached hydrogens (tertiary/aromatic N) is 2. The van der Waals surface area contributed by atoms with Crippen molar-refractivity contribution in [3.05, 3.63) is 41.1 Å². The lowest BCUT2D eigenvalue weighted by Gasteiger charge is -2.51. The summed E-state index contributed by atoms with van der Waals surface area (Å²) < 4.78 is 0. The van der Waals surface area contributed by atoms with Gasteiger partial charge in [0.1, 0.15) is 6.29 Å². The lowest BCUT2D eigenvalue weighted by molar-refractivity contribution is -0.106. The monoisotopic (exact) mass is 308 g/mol. The van der Waals surface area contributed by atoms with E-state index in [1.54, 1.807) is 0 Å². The van der Waals surface area contributed by atoms with Crippen molar-refractivity contribution in [1.82, 2.24) is 4.90 Å². The number of anilines is 1. The number of likely N-dealkylation sites (N-methyl/N-ethyl adjacent to an activating group) is 1. The van der Waals surface area contributed by atoms with Gasteiger partial charge in [0, 0.05) is 36.6 Å². The molecule has 120 valence electrons. The summed E-state index contributed by atoms with van der Waals surface area (Å²) in [7, 11) is 2.16. The first-order valence-electron chi connectivity index (χ1n) is 8.99. The highest BCUT2D eigenvalue weighted by Gasteiger charge is 2.62. The van der Waals surface area contributed by atoms with Crippen LogP contribution in [0.4, 0.5) is 5.69 Å². The van der Waals surface area contributed by atoms with Crippen LogP contribution in [-0.2, 0) is 10.2 Å². The van der Waals surface area contributed by atoms with E-state index < -0.39 is 0 Å². The molecule has 0 N–H and O–H groups in total. The smallest absolute Gasteiger partial charge is 0.148 e. The Kier molecular flexibility index (Phi) is 2.68. The average molecular weight is 308 g/mol. The van der Waals surface area contributed by atoms with E-state index in [1.165, 1.54) is 42.7 Å². The number of fused-ring (bicyclic) bond motifs is 2. The van der Waals surface area contributed by atoms with Gasteiger partial charge in [0.25, 0.3) is 0 Å². The second-order valence-corrected chi connectivity index (χ2v) is 7.74. The number of carbonyl (C=O) groups excluding carboxylic acids is 1. The van der Waals surface area contributed by atoms with Gasteiger partial charge in [0.2, 0.25) is 0 Å². The standard InChI is InChI=1S/C20H24N2O/c1-3-13-11-22-9-8-20-16-6-4-5-7-17(16)21(2)19(20)15(12-23)14(13)10-18(20)22/h4-7,12-14,18H,3,8-11H2,1-2H3. The number of piperidine rings is 1. The molecule has 3 heteroatoms. The molecule has 3 aliphatic heterocycles. The van der Waals surface area contributed by atoms with Gasteiger partial charge in [-0.3, -0.25) is 9.69 Å². The minimum Gasteiger partial charge on any atom is -0.347 e. The third-order valence-electron chi connectivity index (χ3n) is 7.15. The summed E-state index contributed by atoms with van der Waals surface area (Å²) in [6, 6.07) is 9.40. The minimum absolute atomic E-state index is 0.0663. The van der Waals surface area contributed by atoms with Crippen LogP contribution >= 0.6 is 0 Å². The second kappa shape index (κ2) is 4.47. The summed E-state index contributed by atoms with van der Waals surface area (Å²) in [4.78, 5) is 17.2. The van der Waals surface area contributed by atoms with Crippen molar-refractivity contribution in [2.75, 3.05) is 25.0 Å². The van der Waals surface area contributed by atoms with Gasteiger partial charge < -0.3 is 4.90 Å². The molecule has 2 saturated heterocycles. The Balaban J connectivity index is 1.83. The summed E-state index contributed by atoms with van der Waals surface area (Å²) in [6.07, 6.45) is 4.69. The average Bonchev–Trinajstić information content (AvgIpc) is 3.10. The topological polar surface area (TPSA) is 23.6 Å². The number of allylic oxidation sites excluding steroid dienone is 1.